The fourth-order valence-electron chi connectivity index (χ4n) is 2.56. The summed E-state index contributed by atoms with van der Waals surface area (Å²) < 4.78 is 4.94. The molecule has 0 saturated carbocycles. The number of carbonyl (C=O) groups excluding carboxylic acids is 2. The lowest BCUT2D eigenvalue weighted by Crippen LogP contribution is -2.42. The summed E-state index contributed by atoms with van der Waals surface area (Å²) in [5, 5.41) is 0. The molecule has 0 bridgehead atoms. The maximum Gasteiger partial charge on any atom is 0.338 e. The smallest absolute Gasteiger partial charge is 0.338 e. The molecule has 2 rings (SSSR count). The van der Waals surface area contributed by atoms with Crippen LogP contribution in [0.15, 0.2) is 24.3 Å². The zero-order valence-corrected chi connectivity index (χ0v) is 12.8. The molecule has 1 aliphatic heterocycles. The Balaban J connectivity index is 2.07. The first kappa shape index (κ1) is 15.4. The Morgan fingerprint density at radius 2 is 2.00 bits per heavy atom. The number of hydrogen-bond acceptors (Lipinski definition) is 3. The first-order valence-electron chi connectivity index (χ1n) is 7.36. The molecule has 1 aromatic rings. The lowest BCUT2D eigenvalue weighted by Gasteiger charge is -2.27. The summed E-state index contributed by atoms with van der Waals surface area (Å²) in [6, 6.07) is 7.20. The van der Waals surface area contributed by atoms with E-state index in [0.29, 0.717) is 18.2 Å². The number of anilines is 1. The highest BCUT2D eigenvalue weighted by Gasteiger charge is 2.27. The maximum absolute atomic E-state index is 12.4. The zero-order valence-electron chi connectivity index (χ0n) is 12.8. The van der Waals surface area contributed by atoms with Crippen LogP contribution in [0.4, 0.5) is 10.5 Å². The predicted molar refractivity (Wildman–Crippen MR) is 81.6 cm³/mol. The van der Waals surface area contributed by atoms with E-state index >= 15 is 0 Å². The standard InChI is InChI=1S/C16H22N2O3/c1-4-21-15(19)13-7-9-14(10-8-13)17(3)16(20)18-11-5-6-12(18)2/h7-10,12H,4-6,11H2,1-3H3. The van der Waals surface area contributed by atoms with Gasteiger partial charge in [0.15, 0.2) is 0 Å². The summed E-state index contributed by atoms with van der Waals surface area (Å²) in [5.41, 5.74) is 1.27. The van der Waals surface area contributed by atoms with E-state index in [1.165, 1.54) is 0 Å². The number of rotatable bonds is 3. The molecule has 0 N–H and O–H groups in total. The van der Waals surface area contributed by atoms with Crippen molar-refractivity contribution < 1.29 is 14.3 Å². The Labute approximate surface area is 125 Å². The summed E-state index contributed by atoms with van der Waals surface area (Å²) in [6.45, 7) is 5.01. The lowest BCUT2D eigenvalue weighted by atomic mass is 10.2. The van der Waals surface area contributed by atoms with Gasteiger partial charge in [-0.3, -0.25) is 4.90 Å². The Morgan fingerprint density at radius 3 is 2.52 bits per heavy atom. The molecule has 114 valence electrons. The fourth-order valence-corrected chi connectivity index (χ4v) is 2.56. The monoisotopic (exact) mass is 290 g/mol. The van der Waals surface area contributed by atoms with Gasteiger partial charge in [0.25, 0.3) is 0 Å². The molecule has 1 atom stereocenters. The number of hydrogen-bond donors (Lipinski definition) is 0. The molecule has 1 aliphatic rings. The van der Waals surface area contributed by atoms with Gasteiger partial charge in [0.1, 0.15) is 0 Å². The molecule has 1 aromatic carbocycles. The Hall–Kier alpha value is -2.04. The number of likely N-dealkylation sites (tertiary alicyclic amines) is 1. The third-order valence-corrected chi connectivity index (χ3v) is 3.85. The maximum atomic E-state index is 12.4. The molecule has 0 radical (unpaired) electrons. The normalized spacial score (nSPS) is 17.7. The summed E-state index contributed by atoms with van der Waals surface area (Å²) in [7, 11) is 1.76. The summed E-state index contributed by atoms with van der Waals surface area (Å²) >= 11 is 0. The van der Waals surface area contributed by atoms with Gasteiger partial charge in [0.2, 0.25) is 0 Å². The van der Waals surface area contributed by atoms with E-state index in [2.05, 4.69) is 6.92 Å². The van der Waals surface area contributed by atoms with Gasteiger partial charge < -0.3 is 9.64 Å². The summed E-state index contributed by atoms with van der Waals surface area (Å²) in [5.74, 6) is -0.341. The largest absolute Gasteiger partial charge is 0.462 e. The van der Waals surface area contributed by atoms with Crippen LogP contribution in [0, 0.1) is 0 Å². The van der Waals surface area contributed by atoms with Crippen molar-refractivity contribution in [2.75, 3.05) is 25.1 Å². The van der Waals surface area contributed by atoms with E-state index in [-0.39, 0.29) is 12.0 Å². The molecule has 0 aliphatic carbocycles. The first-order chi connectivity index (χ1) is 10.0. The minimum atomic E-state index is -0.341. The number of esters is 1. The van der Waals surface area contributed by atoms with Gasteiger partial charge in [-0.05, 0) is 51.0 Å². The van der Waals surface area contributed by atoms with E-state index in [4.69, 9.17) is 4.74 Å². The van der Waals surface area contributed by atoms with Crippen molar-refractivity contribution in [1.82, 2.24) is 4.90 Å². The van der Waals surface area contributed by atoms with Gasteiger partial charge in [0, 0.05) is 25.3 Å². The van der Waals surface area contributed by atoms with Crippen LogP contribution in [0.2, 0.25) is 0 Å². The summed E-state index contributed by atoms with van der Waals surface area (Å²) in [6.07, 6.45) is 2.11. The Bertz CT molecular complexity index is 513. The zero-order chi connectivity index (χ0) is 15.4. The van der Waals surface area contributed by atoms with Crippen LogP contribution in [-0.2, 0) is 4.74 Å². The highest BCUT2D eigenvalue weighted by atomic mass is 16.5. The van der Waals surface area contributed by atoms with E-state index in [1.54, 1.807) is 43.1 Å². The van der Waals surface area contributed by atoms with E-state index in [9.17, 15) is 9.59 Å². The molecule has 5 nitrogen and oxygen atoms in total. The number of ether oxygens (including phenoxy) is 1. The van der Waals surface area contributed by atoms with Crippen LogP contribution in [-0.4, -0.2) is 43.1 Å². The molecule has 1 fully saturated rings. The minimum absolute atomic E-state index is 0.00360. The van der Waals surface area contributed by atoms with E-state index in [0.717, 1.165) is 25.1 Å². The van der Waals surface area contributed by atoms with Crippen LogP contribution in [0.1, 0.15) is 37.0 Å². The van der Waals surface area contributed by atoms with E-state index in [1.807, 2.05) is 4.90 Å². The molecular weight excluding hydrogens is 268 g/mol. The number of benzene rings is 1. The third-order valence-electron chi connectivity index (χ3n) is 3.85. The Morgan fingerprint density at radius 1 is 1.33 bits per heavy atom. The van der Waals surface area contributed by atoms with Crippen molar-refractivity contribution in [3.63, 3.8) is 0 Å². The average molecular weight is 290 g/mol. The number of urea groups is 1. The van der Waals surface area contributed by atoms with Crippen LogP contribution in [0.3, 0.4) is 0 Å². The second kappa shape index (κ2) is 6.61. The molecule has 0 spiro atoms. The highest BCUT2D eigenvalue weighted by Crippen LogP contribution is 2.21. The van der Waals surface area contributed by atoms with Gasteiger partial charge in [-0.25, -0.2) is 9.59 Å². The van der Waals surface area contributed by atoms with Crippen molar-refractivity contribution in [1.29, 1.82) is 0 Å². The van der Waals surface area contributed by atoms with E-state index < -0.39 is 0 Å². The van der Waals surface area contributed by atoms with Crippen molar-refractivity contribution in [3.05, 3.63) is 29.8 Å². The predicted octanol–water partition coefficient (Wildman–Crippen LogP) is 2.90. The van der Waals surface area contributed by atoms with Gasteiger partial charge in [-0.15, -0.1) is 0 Å². The summed E-state index contributed by atoms with van der Waals surface area (Å²) in [4.78, 5) is 27.5. The molecule has 1 saturated heterocycles. The topological polar surface area (TPSA) is 49.9 Å². The van der Waals surface area contributed by atoms with Crippen molar-refractivity contribution >= 4 is 17.7 Å². The number of nitrogens with zero attached hydrogens (tertiary/aromatic N) is 2. The molecule has 1 heterocycles. The van der Waals surface area contributed by atoms with Crippen molar-refractivity contribution in [3.8, 4) is 0 Å². The van der Waals surface area contributed by atoms with Crippen LogP contribution < -0.4 is 4.90 Å². The van der Waals surface area contributed by atoms with Crippen LogP contribution in [0.5, 0.6) is 0 Å². The van der Waals surface area contributed by atoms with Crippen LogP contribution >= 0.6 is 0 Å². The average Bonchev–Trinajstić information content (AvgIpc) is 2.92. The SMILES string of the molecule is CCOC(=O)c1ccc(N(C)C(=O)N2CCCC2C)cc1. The Kier molecular flexibility index (Phi) is 4.83. The van der Waals surface area contributed by atoms with Gasteiger partial charge >= 0.3 is 12.0 Å². The van der Waals surface area contributed by atoms with Gasteiger partial charge in [-0.2, -0.15) is 0 Å². The molecule has 0 aromatic heterocycles. The van der Waals surface area contributed by atoms with Crippen molar-refractivity contribution in [2.45, 2.75) is 32.7 Å². The molecule has 2 amide bonds. The molecule has 5 heteroatoms. The minimum Gasteiger partial charge on any atom is -0.462 e. The quantitative estimate of drug-likeness (QED) is 0.804. The molecule has 21 heavy (non-hydrogen) atoms. The highest BCUT2D eigenvalue weighted by molar-refractivity contribution is 5.93. The van der Waals surface area contributed by atoms with Crippen molar-refractivity contribution in [2.24, 2.45) is 0 Å². The van der Waals surface area contributed by atoms with Gasteiger partial charge in [-0.1, -0.05) is 0 Å². The fraction of sp³-hybridized carbons (Fsp3) is 0.500. The number of carbonyl (C=O) groups is 2. The van der Waals surface area contributed by atoms with Crippen LogP contribution in [0.25, 0.3) is 0 Å². The second-order valence-corrected chi connectivity index (χ2v) is 5.29. The lowest BCUT2D eigenvalue weighted by molar-refractivity contribution is 0.0526. The van der Waals surface area contributed by atoms with Gasteiger partial charge in [0.05, 0.1) is 12.2 Å². The first-order valence-corrected chi connectivity index (χ1v) is 7.36. The second-order valence-electron chi connectivity index (χ2n) is 5.29. The molecular formula is C16H22N2O3. The third kappa shape index (κ3) is 3.35. The molecule has 1 unspecified atom stereocenters. The number of amides is 2.